The van der Waals surface area contributed by atoms with Crippen LogP contribution in [0, 0.1) is 0 Å². The van der Waals surface area contributed by atoms with E-state index in [9.17, 15) is 9.59 Å². The van der Waals surface area contributed by atoms with Gasteiger partial charge < -0.3 is 16.4 Å². The molecule has 5 nitrogen and oxygen atoms in total. The van der Waals surface area contributed by atoms with Crippen LogP contribution in [0.3, 0.4) is 0 Å². The van der Waals surface area contributed by atoms with Gasteiger partial charge in [0.2, 0.25) is 11.8 Å². The molecular formula is C14H20ClN3O2. The summed E-state index contributed by atoms with van der Waals surface area (Å²) >= 11 is 0. The van der Waals surface area contributed by atoms with Gasteiger partial charge in [-0.15, -0.1) is 12.4 Å². The minimum atomic E-state index is -0.900. The van der Waals surface area contributed by atoms with Crippen LogP contribution in [-0.4, -0.2) is 17.4 Å². The standard InChI is InChI=1S/C14H19N3O2.ClH/c1-8(16-13(19)14(2,3)15)9-4-5-11-10(6-9)7-12(18)17-11;/h4-6,8H,7,15H2,1-3H3,(H,16,19)(H,17,18);1H. The molecule has 0 fully saturated rings. The number of hydrogen-bond donors (Lipinski definition) is 3. The topological polar surface area (TPSA) is 84.2 Å². The number of nitrogens with two attached hydrogens (primary N) is 1. The average molecular weight is 298 g/mol. The van der Waals surface area contributed by atoms with Crippen molar-refractivity contribution in [2.75, 3.05) is 5.32 Å². The van der Waals surface area contributed by atoms with Gasteiger partial charge in [-0.3, -0.25) is 9.59 Å². The highest BCUT2D eigenvalue weighted by Crippen LogP contribution is 2.26. The van der Waals surface area contributed by atoms with Crippen LogP contribution < -0.4 is 16.4 Å². The molecule has 0 spiro atoms. The van der Waals surface area contributed by atoms with E-state index in [2.05, 4.69) is 10.6 Å². The van der Waals surface area contributed by atoms with Crippen molar-refractivity contribution < 1.29 is 9.59 Å². The van der Waals surface area contributed by atoms with Gasteiger partial charge >= 0.3 is 0 Å². The number of hydrogen-bond acceptors (Lipinski definition) is 3. The molecule has 1 aromatic rings. The molecule has 2 rings (SSSR count). The number of halogens is 1. The van der Waals surface area contributed by atoms with Crippen LogP contribution in [0.4, 0.5) is 5.69 Å². The van der Waals surface area contributed by atoms with Gasteiger partial charge in [-0.1, -0.05) is 12.1 Å². The fourth-order valence-corrected chi connectivity index (χ4v) is 1.98. The molecule has 1 atom stereocenters. The summed E-state index contributed by atoms with van der Waals surface area (Å²) in [6.45, 7) is 5.23. The molecule has 0 saturated heterocycles. The second-order valence-corrected chi connectivity index (χ2v) is 5.56. The summed E-state index contributed by atoms with van der Waals surface area (Å²) < 4.78 is 0. The quantitative estimate of drug-likeness (QED) is 0.791. The summed E-state index contributed by atoms with van der Waals surface area (Å²) in [5.74, 6) is -0.193. The molecule has 1 aliphatic rings. The third-order valence-corrected chi connectivity index (χ3v) is 3.19. The van der Waals surface area contributed by atoms with Gasteiger partial charge in [-0.25, -0.2) is 0 Å². The second-order valence-electron chi connectivity index (χ2n) is 5.56. The predicted molar refractivity (Wildman–Crippen MR) is 80.8 cm³/mol. The minimum absolute atomic E-state index is 0. The van der Waals surface area contributed by atoms with E-state index in [1.807, 2.05) is 25.1 Å². The molecule has 1 unspecified atom stereocenters. The molecule has 1 aliphatic heterocycles. The lowest BCUT2D eigenvalue weighted by Gasteiger charge is -2.22. The smallest absolute Gasteiger partial charge is 0.239 e. The van der Waals surface area contributed by atoms with E-state index in [1.54, 1.807) is 13.8 Å². The van der Waals surface area contributed by atoms with Gasteiger partial charge in [0.05, 0.1) is 18.0 Å². The van der Waals surface area contributed by atoms with Gasteiger partial charge in [0.1, 0.15) is 0 Å². The Kier molecular flexibility index (Phi) is 4.78. The van der Waals surface area contributed by atoms with Gasteiger partial charge in [0.15, 0.2) is 0 Å². The van der Waals surface area contributed by atoms with Crippen LogP contribution in [0.5, 0.6) is 0 Å². The van der Waals surface area contributed by atoms with E-state index >= 15 is 0 Å². The number of carbonyl (C=O) groups excluding carboxylic acids is 2. The molecule has 20 heavy (non-hydrogen) atoms. The lowest BCUT2D eigenvalue weighted by atomic mass is 10.0. The molecule has 1 heterocycles. The molecule has 6 heteroatoms. The lowest BCUT2D eigenvalue weighted by Crippen LogP contribution is -2.49. The summed E-state index contributed by atoms with van der Waals surface area (Å²) in [5, 5.41) is 5.65. The van der Waals surface area contributed by atoms with Crippen molar-refractivity contribution in [2.45, 2.75) is 38.8 Å². The Morgan fingerprint density at radius 2 is 2.10 bits per heavy atom. The highest BCUT2D eigenvalue weighted by Gasteiger charge is 2.24. The number of amides is 2. The van der Waals surface area contributed by atoms with Crippen LogP contribution >= 0.6 is 12.4 Å². The van der Waals surface area contributed by atoms with Crippen LogP contribution in [0.1, 0.15) is 37.9 Å². The van der Waals surface area contributed by atoms with Crippen molar-refractivity contribution in [1.82, 2.24) is 5.32 Å². The predicted octanol–water partition coefficient (Wildman–Crippen LogP) is 1.52. The molecule has 2 amide bonds. The molecule has 4 N–H and O–H groups in total. The van der Waals surface area contributed by atoms with E-state index < -0.39 is 5.54 Å². The largest absolute Gasteiger partial charge is 0.348 e. The number of nitrogens with one attached hydrogen (secondary N) is 2. The fourth-order valence-electron chi connectivity index (χ4n) is 1.98. The van der Waals surface area contributed by atoms with Gasteiger partial charge in [0.25, 0.3) is 0 Å². The Morgan fingerprint density at radius 1 is 1.45 bits per heavy atom. The molecule has 0 bridgehead atoms. The molecule has 0 aromatic heterocycles. The molecule has 1 aromatic carbocycles. The maximum absolute atomic E-state index is 11.8. The lowest BCUT2D eigenvalue weighted by molar-refractivity contribution is -0.125. The fraction of sp³-hybridized carbons (Fsp3) is 0.429. The Labute approximate surface area is 124 Å². The summed E-state index contributed by atoms with van der Waals surface area (Å²) in [6, 6.07) is 5.57. The molecule has 0 radical (unpaired) electrons. The summed E-state index contributed by atoms with van der Waals surface area (Å²) in [4.78, 5) is 23.1. The zero-order valence-corrected chi connectivity index (χ0v) is 12.6. The van der Waals surface area contributed by atoms with E-state index in [0.29, 0.717) is 6.42 Å². The molecule has 110 valence electrons. The SMILES string of the molecule is CC(NC(=O)C(C)(C)N)c1ccc2c(c1)CC(=O)N2.Cl. The highest BCUT2D eigenvalue weighted by atomic mass is 35.5. The van der Waals surface area contributed by atoms with Gasteiger partial charge in [0, 0.05) is 5.69 Å². The van der Waals surface area contributed by atoms with E-state index in [1.165, 1.54) is 0 Å². The number of anilines is 1. The number of fused-ring (bicyclic) bond motifs is 1. The third-order valence-electron chi connectivity index (χ3n) is 3.19. The van der Waals surface area contributed by atoms with Crippen LogP contribution in [0.2, 0.25) is 0 Å². The summed E-state index contributed by atoms with van der Waals surface area (Å²) in [5.41, 5.74) is 7.63. The van der Waals surface area contributed by atoms with Crippen molar-refractivity contribution in [3.8, 4) is 0 Å². The summed E-state index contributed by atoms with van der Waals surface area (Å²) in [6.07, 6.45) is 0.395. The normalized spacial score (nSPS) is 14.9. The van der Waals surface area contributed by atoms with Crippen molar-refractivity contribution in [1.29, 1.82) is 0 Å². The minimum Gasteiger partial charge on any atom is -0.348 e. The molecule has 0 saturated carbocycles. The van der Waals surface area contributed by atoms with Crippen LogP contribution in [-0.2, 0) is 16.0 Å². The zero-order valence-electron chi connectivity index (χ0n) is 11.8. The Hall–Kier alpha value is -1.59. The zero-order chi connectivity index (χ0) is 14.2. The first-order valence-corrected chi connectivity index (χ1v) is 6.30. The first-order chi connectivity index (χ1) is 8.77. The molecular weight excluding hydrogens is 278 g/mol. The van der Waals surface area contributed by atoms with Gasteiger partial charge in [-0.2, -0.15) is 0 Å². The first kappa shape index (κ1) is 16.5. The number of carbonyl (C=O) groups is 2. The van der Waals surface area contributed by atoms with E-state index in [0.717, 1.165) is 16.8 Å². The van der Waals surface area contributed by atoms with Crippen molar-refractivity contribution >= 4 is 29.9 Å². The Morgan fingerprint density at radius 3 is 2.70 bits per heavy atom. The maximum atomic E-state index is 11.8. The van der Waals surface area contributed by atoms with Crippen molar-refractivity contribution in [3.05, 3.63) is 29.3 Å². The van der Waals surface area contributed by atoms with Crippen LogP contribution in [0.25, 0.3) is 0 Å². The monoisotopic (exact) mass is 297 g/mol. The highest BCUT2D eigenvalue weighted by molar-refractivity contribution is 5.99. The summed E-state index contributed by atoms with van der Waals surface area (Å²) in [7, 11) is 0. The third kappa shape index (κ3) is 3.49. The second kappa shape index (κ2) is 5.81. The maximum Gasteiger partial charge on any atom is 0.239 e. The first-order valence-electron chi connectivity index (χ1n) is 6.30. The number of rotatable bonds is 3. The van der Waals surface area contributed by atoms with E-state index in [-0.39, 0.29) is 30.3 Å². The van der Waals surface area contributed by atoms with Gasteiger partial charge in [-0.05, 0) is 38.0 Å². The van der Waals surface area contributed by atoms with Crippen LogP contribution in [0.15, 0.2) is 18.2 Å². The average Bonchev–Trinajstić information content (AvgIpc) is 2.66. The number of benzene rings is 1. The molecule has 0 aliphatic carbocycles. The Bertz CT molecular complexity index is 538. The Balaban J connectivity index is 0.00000200. The van der Waals surface area contributed by atoms with E-state index in [4.69, 9.17) is 5.73 Å². The van der Waals surface area contributed by atoms with Crippen molar-refractivity contribution in [2.24, 2.45) is 5.73 Å². The van der Waals surface area contributed by atoms with Crippen molar-refractivity contribution in [3.63, 3.8) is 0 Å².